The maximum absolute atomic E-state index is 12.7. The largest absolute Gasteiger partial charge is 0.324 e. The lowest BCUT2D eigenvalue weighted by Gasteiger charge is -2.28. The number of hydrogen-bond donors (Lipinski definition) is 1. The van der Waals surface area contributed by atoms with Crippen molar-refractivity contribution in [2.75, 3.05) is 15.9 Å². The standard InChI is InChI=1S/C20H25ClN2O3S/c1-4-5-7-16-10-12-18(13-11-16)22-20(24)15(2)23(27(3,25)26)19-9-6-8-17(21)14-19/h6,8-15H,4-5,7H2,1-3H3,(H,22,24)/t15-/m0/s1. The second-order valence-electron chi connectivity index (χ2n) is 6.50. The van der Waals surface area contributed by atoms with Crippen LogP contribution in [0.25, 0.3) is 0 Å². The number of nitrogens with zero attached hydrogens (tertiary/aromatic N) is 1. The lowest BCUT2D eigenvalue weighted by Crippen LogP contribution is -2.45. The Morgan fingerprint density at radius 2 is 1.85 bits per heavy atom. The molecule has 0 heterocycles. The zero-order valence-corrected chi connectivity index (χ0v) is 17.3. The molecule has 2 rings (SSSR count). The number of sulfonamides is 1. The van der Waals surface area contributed by atoms with Crippen LogP contribution in [0.3, 0.4) is 0 Å². The van der Waals surface area contributed by atoms with Gasteiger partial charge in [0.1, 0.15) is 6.04 Å². The third-order valence-electron chi connectivity index (χ3n) is 4.19. The van der Waals surface area contributed by atoms with Gasteiger partial charge in [-0.15, -0.1) is 0 Å². The van der Waals surface area contributed by atoms with Crippen molar-refractivity contribution < 1.29 is 13.2 Å². The van der Waals surface area contributed by atoms with Crippen molar-refractivity contribution in [2.45, 2.75) is 39.2 Å². The van der Waals surface area contributed by atoms with Crippen molar-refractivity contribution >= 4 is 38.9 Å². The molecular formula is C20H25ClN2O3S. The summed E-state index contributed by atoms with van der Waals surface area (Å²) in [4.78, 5) is 12.7. The van der Waals surface area contributed by atoms with E-state index in [4.69, 9.17) is 11.6 Å². The highest BCUT2D eigenvalue weighted by atomic mass is 35.5. The molecule has 0 radical (unpaired) electrons. The van der Waals surface area contributed by atoms with E-state index in [-0.39, 0.29) is 0 Å². The summed E-state index contributed by atoms with van der Waals surface area (Å²) in [7, 11) is -3.67. The molecule has 0 bridgehead atoms. The molecule has 0 saturated heterocycles. The number of unbranched alkanes of at least 4 members (excludes halogenated alkanes) is 1. The summed E-state index contributed by atoms with van der Waals surface area (Å²) in [6.45, 7) is 3.69. The summed E-state index contributed by atoms with van der Waals surface area (Å²) in [5.74, 6) is -0.415. The second kappa shape index (κ2) is 9.24. The summed E-state index contributed by atoms with van der Waals surface area (Å²) in [6.07, 6.45) is 4.31. The van der Waals surface area contributed by atoms with Gasteiger partial charge >= 0.3 is 0 Å². The Labute approximate surface area is 166 Å². The minimum atomic E-state index is -3.67. The molecule has 1 amide bonds. The number of amides is 1. The molecule has 1 N–H and O–H groups in total. The van der Waals surface area contributed by atoms with Crippen LogP contribution in [0, 0.1) is 0 Å². The van der Waals surface area contributed by atoms with Gasteiger partial charge in [-0.25, -0.2) is 8.42 Å². The van der Waals surface area contributed by atoms with Gasteiger partial charge in [0.15, 0.2) is 0 Å². The summed E-state index contributed by atoms with van der Waals surface area (Å²) in [6, 6.07) is 13.1. The molecule has 2 aromatic carbocycles. The quantitative estimate of drug-likeness (QED) is 0.700. The summed E-state index contributed by atoms with van der Waals surface area (Å²) >= 11 is 5.98. The van der Waals surface area contributed by atoms with E-state index in [0.717, 1.165) is 29.8 Å². The fraction of sp³-hybridized carbons (Fsp3) is 0.350. The fourth-order valence-electron chi connectivity index (χ4n) is 2.80. The van der Waals surface area contributed by atoms with E-state index in [1.165, 1.54) is 11.6 Å². The summed E-state index contributed by atoms with van der Waals surface area (Å²) in [5, 5.41) is 3.18. The van der Waals surface area contributed by atoms with E-state index in [1.807, 2.05) is 24.3 Å². The Hall–Kier alpha value is -2.05. The van der Waals surface area contributed by atoms with Crippen LogP contribution >= 0.6 is 11.6 Å². The average molecular weight is 409 g/mol. The van der Waals surface area contributed by atoms with E-state index < -0.39 is 22.0 Å². The number of nitrogens with one attached hydrogen (secondary N) is 1. The van der Waals surface area contributed by atoms with Crippen molar-refractivity contribution in [3.63, 3.8) is 0 Å². The molecule has 0 aliphatic carbocycles. The van der Waals surface area contributed by atoms with Crippen LogP contribution in [0.15, 0.2) is 48.5 Å². The smallest absolute Gasteiger partial charge is 0.247 e. The summed E-state index contributed by atoms with van der Waals surface area (Å²) in [5.41, 5.74) is 2.19. The number of hydrogen-bond acceptors (Lipinski definition) is 3. The molecular weight excluding hydrogens is 384 g/mol. The van der Waals surface area contributed by atoms with Crippen LogP contribution in [0.5, 0.6) is 0 Å². The average Bonchev–Trinajstić information content (AvgIpc) is 2.60. The number of anilines is 2. The van der Waals surface area contributed by atoms with E-state index in [2.05, 4.69) is 12.2 Å². The predicted octanol–water partition coefficient (Wildman–Crippen LogP) is 4.48. The van der Waals surface area contributed by atoms with Gasteiger partial charge in [0.25, 0.3) is 0 Å². The van der Waals surface area contributed by atoms with Crippen LogP contribution in [0.2, 0.25) is 5.02 Å². The second-order valence-corrected chi connectivity index (χ2v) is 8.80. The minimum Gasteiger partial charge on any atom is -0.324 e. The molecule has 2 aromatic rings. The number of rotatable bonds is 8. The van der Waals surface area contributed by atoms with Crippen molar-refractivity contribution in [3.05, 3.63) is 59.1 Å². The fourth-order valence-corrected chi connectivity index (χ4v) is 4.16. The molecule has 7 heteroatoms. The number of carbonyl (C=O) groups is 1. The van der Waals surface area contributed by atoms with Gasteiger partial charge in [-0.2, -0.15) is 0 Å². The monoisotopic (exact) mass is 408 g/mol. The van der Waals surface area contributed by atoms with Crippen LogP contribution in [-0.2, 0) is 21.2 Å². The first-order valence-electron chi connectivity index (χ1n) is 8.87. The van der Waals surface area contributed by atoms with E-state index in [9.17, 15) is 13.2 Å². The van der Waals surface area contributed by atoms with E-state index in [1.54, 1.807) is 25.1 Å². The molecule has 27 heavy (non-hydrogen) atoms. The molecule has 0 fully saturated rings. The molecule has 0 aliphatic rings. The Balaban J connectivity index is 2.17. The third kappa shape index (κ3) is 5.97. The van der Waals surface area contributed by atoms with E-state index in [0.29, 0.717) is 16.4 Å². The lowest BCUT2D eigenvalue weighted by atomic mass is 10.1. The molecule has 0 aliphatic heterocycles. The molecule has 1 atom stereocenters. The first kappa shape index (κ1) is 21.3. The molecule has 146 valence electrons. The van der Waals surface area contributed by atoms with Crippen molar-refractivity contribution in [1.82, 2.24) is 0 Å². The first-order chi connectivity index (χ1) is 12.7. The maximum Gasteiger partial charge on any atom is 0.247 e. The number of benzene rings is 2. The SMILES string of the molecule is CCCCc1ccc(NC(=O)[C@H](C)N(c2cccc(Cl)c2)S(C)(=O)=O)cc1. The Bertz CT molecular complexity index is 882. The summed E-state index contributed by atoms with van der Waals surface area (Å²) < 4.78 is 25.7. The van der Waals surface area contributed by atoms with Gasteiger partial charge in [-0.3, -0.25) is 9.10 Å². The highest BCUT2D eigenvalue weighted by Gasteiger charge is 2.29. The first-order valence-corrected chi connectivity index (χ1v) is 11.1. The molecule has 0 unspecified atom stereocenters. The van der Waals surface area contributed by atoms with Crippen LogP contribution in [0.1, 0.15) is 32.3 Å². The van der Waals surface area contributed by atoms with Gasteiger partial charge in [-0.1, -0.05) is 43.1 Å². The highest BCUT2D eigenvalue weighted by Crippen LogP contribution is 2.24. The van der Waals surface area contributed by atoms with Crippen molar-refractivity contribution in [3.8, 4) is 0 Å². The Morgan fingerprint density at radius 1 is 1.19 bits per heavy atom. The zero-order chi connectivity index (χ0) is 20.0. The number of carbonyl (C=O) groups excluding carboxylic acids is 1. The van der Waals surface area contributed by atoms with Crippen molar-refractivity contribution in [1.29, 1.82) is 0 Å². The Kier molecular flexibility index (Phi) is 7.27. The minimum absolute atomic E-state index is 0.350. The maximum atomic E-state index is 12.7. The van der Waals surface area contributed by atoms with Crippen LogP contribution < -0.4 is 9.62 Å². The third-order valence-corrected chi connectivity index (χ3v) is 5.67. The zero-order valence-electron chi connectivity index (χ0n) is 15.8. The van der Waals surface area contributed by atoms with Gasteiger partial charge in [-0.05, 0) is 55.7 Å². The highest BCUT2D eigenvalue weighted by molar-refractivity contribution is 7.92. The number of halogens is 1. The molecule has 0 spiro atoms. The predicted molar refractivity (Wildman–Crippen MR) is 112 cm³/mol. The lowest BCUT2D eigenvalue weighted by molar-refractivity contribution is -0.116. The van der Waals surface area contributed by atoms with Gasteiger partial charge in [0.05, 0.1) is 11.9 Å². The van der Waals surface area contributed by atoms with Gasteiger partial charge in [0, 0.05) is 10.7 Å². The van der Waals surface area contributed by atoms with Gasteiger partial charge in [0.2, 0.25) is 15.9 Å². The molecule has 5 nitrogen and oxygen atoms in total. The van der Waals surface area contributed by atoms with Crippen molar-refractivity contribution in [2.24, 2.45) is 0 Å². The molecule has 0 aromatic heterocycles. The van der Waals surface area contributed by atoms with Gasteiger partial charge < -0.3 is 5.32 Å². The topological polar surface area (TPSA) is 66.5 Å². The van der Waals surface area contributed by atoms with Crippen LogP contribution in [0.4, 0.5) is 11.4 Å². The number of aryl methyl sites for hydroxylation is 1. The van der Waals surface area contributed by atoms with Crippen LogP contribution in [-0.4, -0.2) is 26.6 Å². The molecule has 0 saturated carbocycles. The normalized spacial score (nSPS) is 12.4. The van der Waals surface area contributed by atoms with E-state index >= 15 is 0 Å². The Morgan fingerprint density at radius 3 is 2.41 bits per heavy atom.